The van der Waals surface area contributed by atoms with Crippen molar-refractivity contribution in [3.05, 3.63) is 48.0 Å². The monoisotopic (exact) mass is 489 g/mol. The molecule has 2 aromatic carbocycles. The first-order valence-electron chi connectivity index (χ1n) is 10.6. The maximum Gasteiger partial charge on any atom is 0.257 e. The van der Waals surface area contributed by atoms with Crippen LogP contribution in [-0.4, -0.2) is 57.3 Å². The molecule has 2 unspecified atom stereocenters. The summed E-state index contributed by atoms with van der Waals surface area (Å²) in [5.74, 6) is -0.666. The van der Waals surface area contributed by atoms with Crippen molar-refractivity contribution in [2.24, 2.45) is 5.14 Å². The number of anilines is 1. The highest BCUT2D eigenvalue weighted by Crippen LogP contribution is 2.32. The van der Waals surface area contributed by atoms with Crippen LogP contribution in [0, 0.1) is 0 Å². The number of benzene rings is 2. The number of ether oxygens (including phenoxy) is 2. The van der Waals surface area contributed by atoms with Crippen LogP contribution in [0.4, 0.5) is 5.69 Å². The number of carbonyl (C=O) groups is 3. The van der Waals surface area contributed by atoms with E-state index in [2.05, 4.69) is 0 Å². The molecule has 2 aromatic rings. The van der Waals surface area contributed by atoms with E-state index < -0.39 is 33.8 Å². The average Bonchev–Trinajstić information content (AvgIpc) is 3.11. The standard InChI is InChI=1S/C23H27N3O7S/c1-5-14(2)25(22(28)15-6-11-19(32-3)20(12-15)33-4)18-13-21(27)26(23(18)29)16-7-9-17(10-8-16)34(24,30)31/h6-12,14,18H,5,13H2,1-4H3,(H2,24,30,31). The van der Waals surface area contributed by atoms with Crippen molar-refractivity contribution in [1.29, 1.82) is 0 Å². The summed E-state index contributed by atoms with van der Waals surface area (Å²) < 4.78 is 33.5. The van der Waals surface area contributed by atoms with E-state index in [-0.39, 0.29) is 28.6 Å². The van der Waals surface area contributed by atoms with Crippen molar-refractivity contribution < 1.29 is 32.3 Å². The Morgan fingerprint density at radius 1 is 1.12 bits per heavy atom. The minimum Gasteiger partial charge on any atom is -0.493 e. The molecular formula is C23H27N3O7S. The van der Waals surface area contributed by atoms with Crippen LogP contribution in [0.15, 0.2) is 47.4 Å². The van der Waals surface area contributed by atoms with E-state index in [4.69, 9.17) is 14.6 Å². The van der Waals surface area contributed by atoms with Gasteiger partial charge < -0.3 is 14.4 Å². The molecule has 34 heavy (non-hydrogen) atoms. The maximum atomic E-state index is 13.5. The predicted molar refractivity (Wildman–Crippen MR) is 124 cm³/mol. The Hall–Kier alpha value is -3.44. The Labute approximate surface area is 198 Å². The molecule has 0 bridgehead atoms. The lowest BCUT2D eigenvalue weighted by molar-refractivity contribution is -0.122. The Bertz CT molecular complexity index is 1210. The Balaban J connectivity index is 1.95. The van der Waals surface area contributed by atoms with Gasteiger partial charge in [-0.3, -0.25) is 14.4 Å². The first-order valence-corrected chi connectivity index (χ1v) is 12.1. The topological polar surface area (TPSA) is 136 Å². The van der Waals surface area contributed by atoms with Crippen molar-refractivity contribution >= 4 is 33.4 Å². The third-order valence-corrected chi connectivity index (χ3v) is 6.74. The van der Waals surface area contributed by atoms with Gasteiger partial charge in [0.25, 0.3) is 11.8 Å². The molecule has 0 spiro atoms. The summed E-state index contributed by atoms with van der Waals surface area (Å²) in [6.45, 7) is 3.69. The number of nitrogens with zero attached hydrogens (tertiary/aromatic N) is 2. The molecule has 1 saturated heterocycles. The van der Waals surface area contributed by atoms with Gasteiger partial charge in [-0.2, -0.15) is 0 Å². The number of hydrogen-bond acceptors (Lipinski definition) is 7. The highest BCUT2D eigenvalue weighted by Gasteiger charge is 2.45. The summed E-state index contributed by atoms with van der Waals surface area (Å²) in [6, 6.07) is 8.46. The van der Waals surface area contributed by atoms with Gasteiger partial charge in [-0.15, -0.1) is 0 Å². The molecule has 11 heteroatoms. The number of rotatable bonds is 8. The van der Waals surface area contributed by atoms with Crippen LogP contribution in [0.5, 0.6) is 11.5 Å². The van der Waals surface area contributed by atoms with Crippen LogP contribution in [0.25, 0.3) is 0 Å². The minimum absolute atomic E-state index is 0.142. The zero-order valence-corrected chi connectivity index (χ0v) is 20.2. The quantitative estimate of drug-likeness (QED) is 0.560. The lowest BCUT2D eigenvalue weighted by Crippen LogP contribution is -2.49. The number of hydrogen-bond donors (Lipinski definition) is 1. The highest BCUT2D eigenvalue weighted by atomic mass is 32.2. The fourth-order valence-corrected chi connectivity index (χ4v) is 4.37. The molecule has 2 atom stereocenters. The molecular weight excluding hydrogens is 462 g/mol. The van der Waals surface area contributed by atoms with Gasteiger partial charge in [0.15, 0.2) is 11.5 Å². The van der Waals surface area contributed by atoms with Gasteiger partial charge in [-0.1, -0.05) is 6.92 Å². The fourth-order valence-electron chi connectivity index (χ4n) is 3.85. The molecule has 1 heterocycles. The number of primary sulfonamides is 1. The van der Waals surface area contributed by atoms with Gasteiger partial charge in [0.1, 0.15) is 6.04 Å². The average molecular weight is 490 g/mol. The maximum absolute atomic E-state index is 13.5. The van der Waals surface area contributed by atoms with Gasteiger partial charge in [0.05, 0.1) is 31.2 Å². The van der Waals surface area contributed by atoms with E-state index in [1.165, 1.54) is 49.5 Å². The summed E-state index contributed by atoms with van der Waals surface area (Å²) >= 11 is 0. The van der Waals surface area contributed by atoms with Crippen LogP contribution < -0.4 is 19.5 Å². The minimum atomic E-state index is -3.92. The second kappa shape index (κ2) is 9.82. The molecule has 1 aliphatic heterocycles. The van der Waals surface area contributed by atoms with Gasteiger partial charge >= 0.3 is 0 Å². The first kappa shape index (κ1) is 25.2. The molecule has 2 N–H and O–H groups in total. The SMILES string of the molecule is CCC(C)N(C(=O)c1ccc(OC)c(OC)c1)C1CC(=O)N(c2ccc(S(N)(=O)=O)cc2)C1=O. The van der Waals surface area contributed by atoms with E-state index in [1.807, 2.05) is 6.92 Å². The largest absolute Gasteiger partial charge is 0.493 e. The van der Waals surface area contributed by atoms with Crippen molar-refractivity contribution in [3.63, 3.8) is 0 Å². The third kappa shape index (κ3) is 4.75. The van der Waals surface area contributed by atoms with Crippen LogP contribution in [0.1, 0.15) is 37.0 Å². The highest BCUT2D eigenvalue weighted by molar-refractivity contribution is 7.89. The number of imide groups is 1. The number of carbonyl (C=O) groups excluding carboxylic acids is 3. The molecule has 3 rings (SSSR count). The lowest BCUT2D eigenvalue weighted by atomic mass is 10.1. The van der Waals surface area contributed by atoms with Crippen molar-refractivity contribution in [2.75, 3.05) is 19.1 Å². The van der Waals surface area contributed by atoms with Crippen LogP contribution >= 0.6 is 0 Å². The fraction of sp³-hybridized carbons (Fsp3) is 0.348. The van der Waals surface area contributed by atoms with E-state index in [1.54, 1.807) is 19.1 Å². The van der Waals surface area contributed by atoms with Gasteiger partial charge in [-0.25, -0.2) is 18.5 Å². The Morgan fingerprint density at radius 3 is 2.26 bits per heavy atom. The number of amides is 3. The summed E-state index contributed by atoms with van der Waals surface area (Å²) in [5.41, 5.74) is 0.488. The molecule has 1 aliphatic rings. The summed E-state index contributed by atoms with van der Waals surface area (Å²) in [5, 5.41) is 5.12. The van der Waals surface area contributed by atoms with E-state index >= 15 is 0 Å². The molecule has 0 aliphatic carbocycles. The van der Waals surface area contributed by atoms with Crippen molar-refractivity contribution in [3.8, 4) is 11.5 Å². The van der Waals surface area contributed by atoms with E-state index in [0.29, 0.717) is 17.9 Å². The summed E-state index contributed by atoms with van der Waals surface area (Å²) in [7, 11) is -0.983. The smallest absolute Gasteiger partial charge is 0.257 e. The van der Waals surface area contributed by atoms with Gasteiger partial charge in [0, 0.05) is 11.6 Å². The van der Waals surface area contributed by atoms with E-state index in [9.17, 15) is 22.8 Å². The third-order valence-electron chi connectivity index (χ3n) is 5.81. The van der Waals surface area contributed by atoms with Crippen LogP contribution in [0.3, 0.4) is 0 Å². The zero-order valence-electron chi connectivity index (χ0n) is 19.3. The second-order valence-corrected chi connectivity index (χ2v) is 9.43. The van der Waals surface area contributed by atoms with Crippen molar-refractivity contribution in [1.82, 2.24) is 4.90 Å². The summed E-state index contributed by atoms with van der Waals surface area (Å²) in [4.78, 5) is 41.9. The normalized spacial score (nSPS) is 17.0. The molecule has 0 radical (unpaired) electrons. The molecule has 0 saturated carbocycles. The Kier molecular flexibility index (Phi) is 7.27. The molecule has 0 aromatic heterocycles. The van der Waals surface area contributed by atoms with Crippen molar-refractivity contribution in [2.45, 2.75) is 43.7 Å². The number of sulfonamides is 1. The van der Waals surface area contributed by atoms with E-state index in [0.717, 1.165) is 4.90 Å². The van der Waals surface area contributed by atoms with Gasteiger partial charge in [-0.05, 0) is 55.8 Å². The van der Waals surface area contributed by atoms with Crippen LogP contribution in [0.2, 0.25) is 0 Å². The molecule has 3 amide bonds. The molecule has 1 fully saturated rings. The van der Waals surface area contributed by atoms with Crippen LogP contribution in [-0.2, 0) is 19.6 Å². The summed E-state index contributed by atoms with van der Waals surface area (Å²) in [6.07, 6.45) is 0.360. The predicted octanol–water partition coefficient (Wildman–Crippen LogP) is 1.92. The molecule has 10 nitrogen and oxygen atoms in total. The number of methoxy groups -OCH3 is 2. The number of nitrogens with two attached hydrogens (primary N) is 1. The zero-order chi connectivity index (χ0) is 25.2. The van der Waals surface area contributed by atoms with Gasteiger partial charge in [0.2, 0.25) is 15.9 Å². The lowest BCUT2D eigenvalue weighted by Gasteiger charge is -2.33. The molecule has 182 valence electrons. The first-order chi connectivity index (χ1) is 16.0. The second-order valence-electron chi connectivity index (χ2n) is 7.87. The Morgan fingerprint density at radius 2 is 1.74 bits per heavy atom.